The van der Waals surface area contributed by atoms with E-state index in [4.69, 9.17) is 12.2 Å². The van der Waals surface area contributed by atoms with Crippen molar-refractivity contribution in [1.82, 2.24) is 34.8 Å². The van der Waals surface area contributed by atoms with Crippen molar-refractivity contribution in [2.75, 3.05) is 0 Å². The van der Waals surface area contributed by atoms with Gasteiger partial charge in [0, 0.05) is 29.2 Å². The highest BCUT2D eigenvalue weighted by Crippen LogP contribution is 2.44. The van der Waals surface area contributed by atoms with Crippen molar-refractivity contribution in [1.29, 1.82) is 0 Å². The van der Waals surface area contributed by atoms with Crippen LogP contribution in [0, 0.1) is 13.8 Å². The van der Waals surface area contributed by atoms with E-state index >= 15 is 0 Å². The van der Waals surface area contributed by atoms with Gasteiger partial charge in [-0.3, -0.25) is 9.66 Å². The van der Waals surface area contributed by atoms with E-state index < -0.39 is 0 Å². The lowest BCUT2D eigenvalue weighted by molar-refractivity contribution is 0.244. The molecule has 2 atom stereocenters. The lowest BCUT2D eigenvalue weighted by atomic mass is 9.95. The van der Waals surface area contributed by atoms with Crippen molar-refractivity contribution in [2.24, 2.45) is 0 Å². The Labute approximate surface area is 175 Å². The second-order valence-electron chi connectivity index (χ2n) is 7.95. The molecular weight excluding hydrogens is 382 g/mol. The zero-order valence-corrected chi connectivity index (χ0v) is 17.5. The maximum absolute atomic E-state index is 5.85. The van der Waals surface area contributed by atoms with Crippen LogP contribution in [0.1, 0.15) is 60.4 Å². The molecule has 0 aromatic carbocycles. The number of thiocarbonyl (C=S) groups is 1. The Bertz CT molecular complexity index is 1010. The molecule has 4 heterocycles. The molecule has 0 amide bonds. The molecule has 2 fully saturated rings. The number of hydrogen-bond donors (Lipinski definition) is 1. The fourth-order valence-corrected chi connectivity index (χ4v) is 5.39. The molecule has 0 bridgehead atoms. The van der Waals surface area contributed by atoms with Gasteiger partial charge in [-0.1, -0.05) is 18.9 Å². The predicted molar refractivity (Wildman–Crippen MR) is 114 cm³/mol. The fourth-order valence-electron chi connectivity index (χ4n) is 5.00. The predicted octanol–water partition coefficient (Wildman–Crippen LogP) is 3.32. The summed E-state index contributed by atoms with van der Waals surface area (Å²) in [6.45, 7) is 4.28. The summed E-state index contributed by atoms with van der Waals surface area (Å²) in [6, 6.07) is 8.97. The Hall–Kier alpha value is -2.74. The maximum Gasteiger partial charge on any atom is 0.170 e. The quantitative estimate of drug-likeness (QED) is 0.670. The van der Waals surface area contributed by atoms with Crippen LogP contribution in [-0.4, -0.2) is 40.6 Å². The number of aromatic nitrogens is 5. The molecule has 7 nitrogen and oxygen atoms in total. The first-order chi connectivity index (χ1) is 14.1. The molecule has 1 aliphatic carbocycles. The van der Waals surface area contributed by atoms with Gasteiger partial charge in [-0.2, -0.15) is 0 Å². The van der Waals surface area contributed by atoms with Crippen LogP contribution in [0.15, 0.2) is 43.1 Å². The number of pyridine rings is 1. The number of nitrogens with zero attached hydrogens (tertiary/aromatic N) is 6. The molecule has 1 N–H and O–H groups in total. The Morgan fingerprint density at radius 3 is 2.55 bits per heavy atom. The van der Waals surface area contributed by atoms with Crippen molar-refractivity contribution in [3.63, 3.8) is 0 Å². The van der Waals surface area contributed by atoms with Gasteiger partial charge in [0.25, 0.3) is 0 Å². The van der Waals surface area contributed by atoms with Crippen LogP contribution < -0.4 is 5.32 Å². The van der Waals surface area contributed by atoms with Crippen molar-refractivity contribution in [3.8, 4) is 0 Å². The van der Waals surface area contributed by atoms with Crippen molar-refractivity contribution in [3.05, 3.63) is 65.8 Å². The SMILES string of the molecule is Cc1cc([C@H]2[C@H](c3ccccn3)NC(=S)N2C2CCCC2)c(C)n1-n1cnnc1. The van der Waals surface area contributed by atoms with E-state index in [0.29, 0.717) is 6.04 Å². The van der Waals surface area contributed by atoms with Gasteiger partial charge >= 0.3 is 0 Å². The van der Waals surface area contributed by atoms with Gasteiger partial charge in [-0.05, 0) is 57.1 Å². The molecule has 0 unspecified atom stereocenters. The van der Waals surface area contributed by atoms with Crippen molar-refractivity contribution >= 4 is 17.3 Å². The van der Waals surface area contributed by atoms with Crippen LogP contribution in [0.4, 0.5) is 0 Å². The standard InChI is InChI=1S/C21H25N7S/c1-14-11-17(15(2)28(14)26-12-23-24-13-26)20-19(18-9-5-6-10-22-18)25-21(29)27(20)16-7-3-4-8-16/h5-6,9-13,16,19-20H,3-4,7-8H2,1-2H3,(H,25,29)/t19-,20-/m0/s1. The highest BCUT2D eigenvalue weighted by atomic mass is 32.1. The van der Waals surface area contributed by atoms with Crippen LogP contribution in [-0.2, 0) is 0 Å². The van der Waals surface area contributed by atoms with E-state index in [9.17, 15) is 0 Å². The van der Waals surface area contributed by atoms with E-state index in [2.05, 4.69) is 56.1 Å². The van der Waals surface area contributed by atoms with E-state index in [-0.39, 0.29) is 12.1 Å². The van der Waals surface area contributed by atoms with E-state index in [1.165, 1.54) is 36.9 Å². The third kappa shape index (κ3) is 3.02. The average Bonchev–Trinajstić information content (AvgIpc) is 3.50. The minimum absolute atomic E-state index is 0.0270. The van der Waals surface area contributed by atoms with Gasteiger partial charge in [-0.25, -0.2) is 4.68 Å². The Morgan fingerprint density at radius 2 is 1.86 bits per heavy atom. The third-order valence-electron chi connectivity index (χ3n) is 6.24. The van der Waals surface area contributed by atoms with Crippen molar-refractivity contribution in [2.45, 2.75) is 57.7 Å². The molecule has 1 saturated carbocycles. The van der Waals surface area contributed by atoms with E-state index in [1.54, 1.807) is 12.7 Å². The van der Waals surface area contributed by atoms with E-state index in [0.717, 1.165) is 16.5 Å². The molecule has 29 heavy (non-hydrogen) atoms. The molecule has 1 aliphatic heterocycles. The number of hydrogen-bond acceptors (Lipinski definition) is 4. The molecule has 8 heteroatoms. The van der Waals surface area contributed by atoms with Gasteiger partial charge in [0.05, 0.1) is 17.8 Å². The number of aryl methyl sites for hydroxylation is 1. The minimum atomic E-state index is 0.0270. The molecule has 3 aromatic heterocycles. The first-order valence-electron chi connectivity index (χ1n) is 10.2. The summed E-state index contributed by atoms with van der Waals surface area (Å²) in [6.07, 6.45) is 10.2. The molecule has 0 radical (unpaired) electrons. The minimum Gasteiger partial charge on any atom is -0.352 e. The molecule has 2 aliphatic rings. The largest absolute Gasteiger partial charge is 0.352 e. The first kappa shape index (κ1) is 18.3. The zero-order chi connectivity index (χ0) is 20.0. The summed E-state index contributed by atoms with van der Waals surface area (Å²) in [5.74, 6) is 0. The second-order valence-corrected chi connectivity index (χ2v) is 8.34. The fraction of sp³-hybridized carbons (Fsp3) is 0.429. The van der Waals surface area contributed by atoms with Crippen LogP contribution in [0.3, 0.4) is 0 Å². The molecule has 150 valence electrons. The molecule has 5 rings (SSSR count). The monoisotopic (exact) mass is 407 g/mol. The molecule has 3 aromatic rings. The topological polar surface area (TPSA) is 63.8 Å². The van der Waals surface area contributed by atoms with Crippen LogP contribution in [0.2, 0.25) is 0 Å². The maximum atomic E-state index is 5.85. The van der Waals surface area contributed by atoms with Gasteiger partial charge < -0.3 is 10.2 Å². The summed E-state index contributed by atoms with van der Waals surface area (Å²) in [5, 5.41) is 12.4. The van der Waals surface area contributed by atoms with Crippen molar-refractivity contribution < 1.29 is 0 Å². The van der Waals surface area contributed by atoms with Gasteiger partial charge in [0.15, 0.2) is 5.11 Å². The average molecular weight is 408 g/mol. The Morgan fingerprint density at radius 1 is 1.10 bits per heavy atom. The Kier molecular flexibility index (Phi) is 4.58. The number of nitrogens with one attached hydrogen (secondary N) is 1. The zero-order valence-electron chi connectivity index (χ0n) is 16.7. The molecule has 1 saturated heterocycles. The highest BCUT2D eigenvalue weighted by molar-refractivity contribution is 7.80. The van der Waals surface area contributed by atoms with Gasteiger partial charge in [0.1, 0.15) is 12.7 Å². The summed E-state index contributed by atoms with van der Waals surface area (Å²) in [4.78, 5) is 7.10. The summed E-state index contributed by atoms with van der Waals surface area (Å²) < 4.78 is 4.07. The van der Waals surface area contributed by atoms with Gasteiger partial charge in [0.2, 0.25) is 0 Å². The van der Waals surface area contributed by atoms with E-state index in [1.807, 2.05) is 23.0 Å². The number of rotatable bonds is 4. The lowest BCUT2D eigenvalue weighted by Crippen LogP contribution is -2.37. The first-order valence-corrected chi connectivity index (χ1v) is 10.6. The lowest BCUT2D eigenvalue weighted by Gasteiger charge is -2.33. The van der Waals surface area contributed by atoms with Crippen LogP contribution in [0.25, 0.3) is 0 Å². The summed E-state index contributed by atoms with van der Waals surface area (Å²) in [5.41, 5.74) is 4.60. The van der Waals surface area contributed by atoms with Gasteiger partial charge in [-0.15, -0.1) is 10.2 Å². The normalized spacial score (nSPS) is 22.4. The molecular formula is C21H25N7S. The Balaban J connectivity index is 1.64. The van der Waals surface area contributed by atoms with Crippen LogP contribution in [0.5, 0.6) is 0 Å². The molecule has 0 spiro atoms. The summed E-state index contributed by atoms with van der Waals surface area (Å²) in [7, 11) is 0. The third-order valence-corrected chi connectivity index (χ3v) is 6.57. The highest BCUT2D eigenvalue weighted by Gasteiger charge is 2.44. The second kappa shape index (κ2) is 7.26. The van der Waals surface area contributed by atoms with Crippen LogP contribution >= 0.6 is 12.2 Å². The summed E-state index contributed by atoms with van der Waals surface area (Å²) >= 11 is 5.85. The smallest absolute Gasteiger partial charge is 0.170 e.